The molecule has 0 radical (unpaired) electrons. The van der Waals surface area contributed by atoms with Crippen LogP contribution in [0.5, 0.6) is 0 Å². The standard InChI is InChI=1S/C18H15P.C6H10N2O4/c1-4-10-16(11-5-1)19(17-12-6-2-7-13-17)18-14-8-3-9-15-18;1-3-11-5(9)7-8-6(10)12-4-2/h1-15H;3-4H2,1-2H3/b;8-7+. The van der Waals surface area contributed by atoms with Crippen LogP contribution in [-0.4, -0.2) is 25.4 Å². The average molecular weight is 436 g/mol. The smallest absolute Gasteiger partial charge is 0.447 e. The second kappa shape index (κ2) is 13.8. The molecular weight excluding hydrogens is 411 g/mol. The zero-order valence-corrected chi connectivity index (χ0v) is 18.4. The first-order chi connectivity index (χ1) is 15.2. The van der Waals surface area contributed by atoms with Gasteiger partial charge in [0, 0.05) is 0 Å². The second-order valence-electron chi connectivity index (χ2n) is 5.94. The molecule has 2 amide bonds. The van der Waals surface area contributed by atoms with Crippen molar-refractivity contribution in [3.63, 3.8) is 0 Å². The molecule has 160 valence electrons. The van der Waals surface area contributed by atoms with Crippen LogP contribution in [0.15, 0.2) is 101 Å². The monoisotopic (exact) mass is 436 g/mol. The van der Waals surface area contributed by atoms with Crippen molar-refractivity contribution in [2.75, 3.05) is 13.2 Å². The number of amides is 2. The molecule has 0 saturated heterocycles. The van der Waals surface area contributed by atoms with Crippen molar-refractivity contribution < 1.29 is 19.1 Å². The molecule has 31 heavy (non-hydrogen) atoms. The summed E-state index contributed by atoms with van der Waals surface area (Å²) in [4.78, 5) is 20.9. The van der Waals surface area contributed by atoms with Gasteiger partial charge in [-0.25, -0.2) is 9.59 Å². The van der Waals surface area contributed by atoms with Crippen molar-refractivity contribution in [1.29, 1.82) is 0 Å². The number of azo groups is 1. The molecule has 0 spiro atoms. The molecule has 0 fully saturated rings. The molecule has 0 aliphatic rings. The number of carbonyl (C=O) groups is 2. The first-order valence-corrected chi connectivity index (χ1v) is 11.2. The Morgan fingerprint density at radius 1 is 0.613 bits per heavy atom. The fourth-order valence-electron chi connectivity index (χ4n) is 2.56. The van der Waals surface area contributed by atoms with Gasteiger partial charge < -0.3 is 9.47 Å². The van der Waals surface area contributed by atoms with Crippen LogP contribution in [0.25, 0.3) is 0 Å². The predicted octanol–water partition coefficient (Wildman–Crippen LogP) is 5.20. The molecule has 0 unspecified atom stereocenters. The van der Waals surface area contributed by atoms with Gasteiger partial charge in [0.05, 0.1) is 13.2 Å². The quantitative estimate of drug-likeness (QED) is 0.407. The van der Waals surface area contributed by atoms with Gasteiger partial charge in [0.15, 0.2) is 0 Å². The van der Waals surface area contributed by atoms with Gasteiger partial charge in [-0.15, -0.1) is 0 Å². The number of benzene rings is 3. The molecule has 7 heteroatoms. The van der Waals surface area contributed by atoms with Gasteiger partial charge in [0.25, 0.3) is 0 Å². The van der Waals surface area contributed by atoms with Crippen LogP contribution in [-0.2, 0) is 9.47 Å². The molecular formula is C24H25N2O4P. The van der Waals surface area contributed by atoms with E-state index in [1.807, 2.05) is 0 Å². The average Bonchev–Trinajstić information content (AvgIpc) is 2.81. The Kier molecular flexibility index (Phi) is 10.6. The van der Waals surface area contributed by atoms with Crippen LogP contribution < -0.4 is 15.9 Å². The highest BCUT2D eigenvalue weighted by molar-refractivity contribution is 7.79. The molecule has 3 aromatic rings. The van der Waals surface area contributed by atoms with E-state index in [4.69, 9.17) is 0 Å². The third-order valence-corrected chi connectivity index (χ3v) is 6.24. The topological polar surface area (TPSA) is 77.3 Å². The summed E-state index contributed by atoms with van der Waals surface area (Å²) in [6.07, 6.45) is -1.80. The Morgan fingerprint density at radius 3 is 1.16 bits per heavy atom. The number of rotatable bonds is 5. The minimum absolute atomic E-state index is 0.195. The molecule has 0 aliphatic carbocycles. The highest BCUT2D eigenvalue weighted by Crippen LogP contribution is 2.32. The van der Waals surface area contributed by atoms with Gasteiger partial charge in [-0.05, 0) is 37.7 Å². The fraction of sp³-hybridized carbons (Fsp3) is 0.167. The van der Waals surface area contributed by atoms with Crippen LogP contribution >= 0.6 is 7.92 Å². The first-order valence-electron chi connectivity index (χ1n) is 9.86. The van der Waals surface area contributed by atoms with Crippen LogP contribution in [0, 0.1) is 0 Å². The van der Waals surface area contributed by atoms with Gasteiger partial charge in [-0.2, -0.15) is 0 Å². The molecule has 6 nitrogen and oxygen atoms in total. The van der Waals surface area contributed by atoms with E-state index in [1.165, 1.54) is 15.9 Å². The van der Waals surface area contributed by atoms with Crippen molar-refractivity contribution in [1.82, 2.24) is 0 Å². The predicted molar refractivity (Wildman–Crippen MR) is 124 cm³/mol. The van der Waals surface area contributed by atoms with Crippen LogP contribution in [0.1, 0.15) is 13.8 Å². The minimum Gasteiger partial charge on any atom is -0.447 e. The molecule has 3 rings (SSSR count). The van der Waals surface area contributed by atoms with E-state index in [0.717, 1.165) is 0 Å². The summed E-state index contributed by atoms with van der Waals surface area (Å²) in [5, 5.41) is 10.0. The zero-order chi connectivity index (χ0) is 22.3. The summed E-state index contributed by atoms with van der Waals surface area (Å²) in [5.41, 5.74) is 0. The maximum absolute atomic E-state index is 10.5. The Balaban J connectivity index is 0.000000248. The Morgan fingerprint density at radius 2 is 0.903 bits per heavy atom. The lowest BCUT2D eigenvalue weighted by molar-refractivity contribution is 0.152. The zero-order valence-electron chi connectivity index (χ0n) is 17.5. The summed E-state index contributed by atoms with van der Waals surface area (Å²) in [5.74, 6) is 0. The normalized spacial score (nSPS) is 10.3. The van der Waals surface area contributed by atoms with Crippen LogP contribution in [0.2, 0.25) is 0 Å². The van der Waals surface area contributed by atoms with Gasteiger partial charge >= 0.3 is 12.2 Å². The molecule has 0 atom stereocenters. The molecule has 0 saturated carbocycles. The van der Waals surface area contributed by atoms with Crippen molar-refractivity contribution in [3.05, 3.63) is 91.0 Å². The maximum Gasteiger partial charge on any atom is 0.452 e. The number of hydrogen-bond acceptors (Lipinski definition) is 4. The second-order valence-corrected chi connectivity index (χ2v) is 8.16. The van der Waals surface area contributed by atoms with Crippen molar-refractivity contribution >= 4 is 36.0 Å². The summed E-state index contributed by atoms with van der Waals surface area (Å²) in [6.45, 7) is 3.64. The molecule has 3 aromatic carbocycles. The highest BCUT2D eigenvalue weighted by atomic mass is 31.1. The van der Waals surface area contributed by atoms with Crippen LogP contribution in [0.4, 0.5) is 9.59 Å². The summed E-state index contributed by atoms with van der Waals surface area (Å²) >= 11 is 0. The highest BCUT2D eigenvalue weighted by Gasteiger charge is 2.14. The lowest BCUT2D eigenvalue weighted by atomic mass is 10.4. The van der Waals surface area contributed by atoms with E-state index in [-0.39, 0.29) is 13.2 Å². The molecule has 0 aromatic heterocycles. The molecule has 0 heterocycles. The van der Waals surface area contributed by atoms with Gasteiger partial charge in [-0.1, -0.05) is 101 Å². The van der Waals surface area contributed by atoms with E-state index < -0.39 is 20.1 Å². The van der Waals surface area contributed by atoms with Crippen molar-refractivity contribution in [2.45, 2.75) is 13.8 Å². The Bertz CT molecular complexity index is 837. The Labute approximate surface area is 183 Å². The summed E-state index contributed by atoms with van der Waals surface area (Å²) < 4.78 is 8.73. The largest absolute Gasteiger partial charge is 0.452 e. The van der Waals surface area contributed by atoms with Gasteiger partial charge in [0.2, 0.25) is 0 Å². The van der Waals surface area contributed by atoms with Gasteiger partial charge in [0.1, 0.15) is 0 Å². The molecule has 0 N–H and O–H groups in total. The van der Waals surface area contributed by atoms with E-state index >= 15 is 0 Å². The lowest BCUT2D eigenvalue weighted by Gasteiger charge is -2.18. The summed E-state index contributed by atoms with van der Waals surface area (Å²) in [7, 11) is -0.446. The Hall–Kier alpha value is -3.37. The van der Waals surface area contributed by atoms with E-state index in [0.29, 0.717) is 0 Å². The van der Waals surface area contributed by atoms with Crippen molar-refractivity contribution in [3.8, 4) is 0 Å². The molecule has 0 aliphatic heterocycles. The number of carbonyl (C=O) groups excluding carboxylic acids is 2. The van der Waals surface area contributed by atoms with E-state index in [2.05, 4.69) is 111 Å². The third-order valence-electron chi connectivity index (χ3n) is 3.79. The molecule has 0 bridgehead atoms. The summed E-state index contributed by atoms with van der Waals surface area (Å²) in [6, 6.07) is 32.3. The third kappa shape index (κ3) is 8.49. The van der Waals surface area contributed by atoms with E-state index in [1.54, 1.807) is 13.8 Å². The fourth-order valence-corrected chi connectivity index (χ4v) is 4.87. The van der Waals surface area contributed by atoms with Gasteiger partial charge in [-0.3, -0.25) is 0 Å². The first kappa shape index (κ1) is 23.9. The van der Waals surface area contributed by atoms with E-state index in [9.17, 15) is 9.59 Å². The number of nitrogens with zero attached hydrogens (tertiary/aromatic N) is 2. The van der Waals surface area contributed by atoms with Crippen LogP contribution in [0.3, 0.4) is 0 Å². The minimum atomic E-state index is -0.898. The SMILES string of the molecule is CCOC(=O)/N=N/C(=O)OCC.c1ccc(P(c2ccccc2)c2ccccc2)cc1. The van der Waals surface area contributed by atoms with Crippen molar-refractivity contribution in [2.24, 2.45) is 10.2 Å². The number of ether oxygens (including phenoxy) is 2. The maximum atomic E-state index is 10.5. The lowest BCUT2D eigenvalue weighted by Crippen LogP contribution is -2.20. The number of hydrogen-bond donors (Lipinski definition) is 0.